The third kappa shape index (κ3) is 2.39. The van der Waals surface area contributed by atoms with Gasteiger partial charge in [-0.05, 0) is 18.2 Å². The smallest absolute Gasteiger partial charge is 0.128 e. The Hall–Kier alpha value is -0.580. The lowest BCUT2D eigenvalue weighted by Crippen LogP contribution is -1.88. The third-order valence-corrected chi connectivity index (χ3v) is 3.86. The zero-order valence-corrected chi connectivity index (χ0v) is 11.7. The number of rotatable bonds is 3. The highest BCUT2D eigenvalue weighted by Crippen LogP contribution is 2.33. The Bertz CT molecular complexity index is 500. The van der Waals surface area contributed by atoms with E-state index < -0.39 is 0 Å². The lowest BCUT2D eigenvalue weighted by atomic mass is 10.1. The van der Waals surface area contributed by atoms with Gasteiger partial charge in [-0.15, -0.1) is 22.9 Å². The number of nitrogens with zero attached hydrogens (tertiary/aromatic N) is 1. The molecule has 1 aromatic heterocycles. The molecule has 0 saturated heterocycles. The predicted molar refractivity (Wildman–Crippen MR) is 71.4 cm³/mol. The van der Waals surface area contributed by atoms with E-state index >= 15 is 0 Å². The van der Waals surface area contributed by atoms with E-state index in [-0.39, 0.29) is 0 Å². The maximum absolute atomic E-state index is 5.74. The van der Waals surface area contributed by atoms with Gasteiger partial charge < -0.3 is 4.74 Å². The Morgan fingerprint density at radius 3 is 2.94 bits per heavy atom. The van der Waals surface area contributed by atoms with Crippen LogP contribution in [0.2, 0.25) is 0 Å². The van der Waals surface area contributed by atoms with Gasteiger partial charge in [0.15, 0.2) is 0 Å². The van der Waals surface area contributed by atoms with Crippen LogP contribution in [0, 0.1) is 0 Å². The van der Waals surface area contributed by atoms with Gasteiger partial charge >= 0.3 is 0 Å². The number of alkyl halides is 1. The van der Waals surface area contributed by atoms with Crippen LogP contribution in [0.15, 0.2) is 28.1 Å². The number of hydrogen-bond donors (Lipinski definition) is 0. The van der Waals surface area contributed by atoms with Crippen molar-refractivity contribution in [2.24, 2.45) is 0 Å². The van der Waals surface area contributed by atoms with Crippen molar-refractivity contribution in [3.63, 3.8) is 0 Å². The molecule has 1 aromatic carbocycles. The molecule has 2 nitrogen and oxygen atoms in total. The van der Waals surface area contributed by atoms with Gasteiger partial charge in [-0.2, -0.15) is 0 Å². The standard InChI is InChI=1S/C11H9BrClNOS/c1-15-10-3-2-7(12)4-8(10)9-6-16-11(5-13)14-9/h2-4,6H,5H2,1H3. The summed E-state index contributed by atoms with van der Waals surface area (Å²) < 4.78 is 6.31. The first kappa shape index (κ1) is 11.9. The summed E-state index contributed by atoms with van der Waals surface area (Å²) in [6.07, 6.45) is 0. The van der Waals surface area contributed by atoms with Crippen LogP contribution in [0.4, 0.5) is 0 Å². The van der Waals surface area contributed by atoms with Crippen molar-refractivity contribution in [1.82, 2.24) is 4.98 Å². The molecule has 0 N–H and O–H groups in total. The first-order valence-corrected chi connectivity index (χ1v) is 6.79. The Labute approximate surface area is 111 Å². The molecule has 16 heavy (non-hydrogen) atoms. The van der Waals surface area contributed by atoms with E-state index in [1.807, 2.05) is 23.6 Å². The minimum atomic E-state index is 0.445. The fourth-order valence-electron chi connectivity index (χ4n) is 1.38. The fraction of sp³-hybridized carbons (Fsp3) is 0.182. The monoisotopic (exact) mass is 317 g/mol. The molecule has 5 heteroatoms. The van der Waals surface area contributed by atoms with Crippen molar-refractivity contribution in [2.45, 2.75) is 5.88 Å². The molecule has 0 spiro atoms. The van der Waals surface area contributed by atoms with Crippen molar-refractivity contribution in [3.8, 4) is 17.0 Å². The Kier molecular flexibility index (Phi) is 3.84. The van der Waals surface area contributed by atoms with Gasteiger partial charge in [0.25, 0.3) is 0 Å². The van der Waals surface area contributed by atoms with Gasteiger partial charge in [0.1, 0.15) is 10.8 Å². The molecule has 0 aliphatic heterocycles. The molecule has 0 atom stereocenters. The summed E-state index contributed by atoms with van der Waals surface area (Å²) in [4.78, 5) is 4.43. The van der Waals surface area contributed by atoms with Crippen molar-refractivity contribution < 1.29 is 4.74 Å². The molecule has 0 amide bonds. The molecule has 0 unspecified atom stereocenters. The maximum Gasteiger partial charge on any atom is 0.128 e. The highest BCUT2D eigenvalue weighted by molar-refractivity contribution is 9.10. The van der Waals surface area contributed by atoms with Crippen LogP contribution in [0.1, 0.15) is 5.01 Å². The van der Waals surface area contributed by atoms with E-state index in [1.165, 1.54) is 0 Å². The Morgan fingerprint density at radius 2 is 2.31 bits per heavy atom. The molecule has 2 aromatic rings. The van der Waals surface area contributed by atoms with E-state index in [9.17, 15) is 0 Å². The average molecular weight is 319 g/mol. The van der Waals surface area contributed by atoms with Gasteiger partial charge in [-0.1, -0.05) is 15.9 Å². The first-order chi connectivity index (χ1) is 7.74. The number of methoxy groups -OCH3 is 1. The summed E-state index contributed by atoms with van der Waals surface area (Å²) in [6.45, 7) is 0. The summed E-state index contributed by atoms with van der Waals surface area (Å²) in [5.74, 6) is 1.26. The zero-order chi connectivity index (χ0) is 11.5. The summed E-state index contributed by atoms with van der Waals surface area (Å²) in [5.41, 5.74) is 1.88. The molecule has 0 bridgehead atoms. The van der Waals surface area contributed by atoms with E-state index in [4.69, 9.17) is 16.3 Å². The number of benzene rings is 1. The minimum absolute atomic E-state index is 0.445. The van der Waals surface area contributed by atoms with Crippen LogP contribution in [-0.2, 0) is 5.88 Å². The molecule has 84 valence electrons. The number of thiazole rings is 1. The second kappa shape index (κ2) is 5.17. The van der Waals surface area contributed by atoms with Gasteiger partial charge in [0.05, 0.1) is 18.7 Å². The van der Waals surface area contributed by atoms with Crippen LogP contribution in [0.3, 0.4) is 0 Å². The van der Waals surface area contributed by atoms with E-state index in [0.717, 1.165) is 26.5 Å². The molecule has 0 aliphatic carbocycles. The lowest BCUT2D eigenvalue weighted by Gasteiger charge is -2.06. The number of hydrogen-bond acceptors (Lipinski definition) is 3. The predicted octanol–water partition coefficient (Wildman–Crippen LogP) is 4.32. The summed E-state index contributed by atoms with van der Waals surface area (Å²) in [7, 11) is 1.65. The van der Waals surface area contributed by atoms with Crippen LogP contribution in [0.25, 0.3) is 11.3 Å². The van der Waals surface area contributed by atoms with Crippen molar-refractivity contribution in [1.29, 1.82) is 0 Å². The molecule has 1 heterocycles. The third-order valence-electron chi connectivity index (χ3n) is 2.10. The molecular weight excluding hydrogens is 310 g/mol. The van der Waals surface area contributed by atoms with Gasteiger partial charge in [-0.25, -0.2) is 4.98 Å². The summed E-state index contributed by atoms with van der Waals surface area (Å²) >= 11 is 10.7. The van der Waals surface area contributed by atoms with Crippen LogP contribution in [-0.4, -0.2) is 12.1 Å². The second-order valence-corrected chi connectivity index (χ2v) is 5.23. The SMILES string of the molecule is COc1ccc(Br)cc1-c1csc(CCl)n1. The number of ether oxygens (including phenoxy) is 1. The van der Waals surface area contributed by atoms with E-state index in [2.05, 4.69) is 20.9 Å². The molecule has 2 rings (SSSR count). The minimum Gasteiger partial charge on any atom is -0.496 e. The molecule has 0 aliphatic rings. The van der Waals surface area contributed by atoms with Crippen molar-refractivity contribution in [3.05, 3.63) is 33.1 Å². The van der Waals surface area contributed by atoms with Crippen LogP contribution in [0.5, 0.6) is 5.75 Å². The van der Waals surface area contributed by atoms with Gasteiger partial charge in [-0.3, -0.25) is 0 Å². The highest BCUT2D eigenvalue weighted by Gasteiger charge is 2.10. The molecule has 0 radical (unpaired) electrons. The van der Waals surface area contributed by atoms with Crippen molar-refractivity contribution in [2.75, 3.05) is 7.11 Å². The van der Waals surface area contributed by atoms with Crippen LogP contribution >= 0.6 is 38.9 Å². The lowest BCUT2D eigenvalue weighted by molar-refractivity contribution is 0.416. The Balaban J connectivity index is 2.49. The normalized spacial score (nSPS) is 10.4. The first-order valence-electron chi connectivity index (χ1n) is 4.59. The summed E-state index contributed by atoms with van der Waals surface area (Å²) in [5, 5.41) is 2.90. The van der Waals surface area contributed by atoms with E-state index in [1.54, 1.807) is 18.4 Å². The highest BCUT2D eigenvalue weighted by atomic mass is 79.9. The quantitative estimate of drug-likeness (QED) is 0.786. The average Bonchev–Trinajstić information content (AvgIpc) is 2.77. The number of aromatic nitrogens is 1. The maximum atomic E-state index is 5.74. The number of halogens is 2. The zero-order valence-electron chi connectivity index (χ0n) is 8.54. The fourth-order valence-corrected chi connectivity index (χ4v) is 2.63. The molecule has 0 saturated carbocycles. The molecular formula is C11H9BrClNOS. The van der Waals surface area contributed by atoms with Gasteiger partial charge in [0.2, 0.25) is 0 Å². The van der Waals surface area contributed by atoms with E-state index in [0.29, 0.717) is 5.88 Å². The molecule has 0 fully saturated rings. The summed E-state index contributed by atoms with van der Waals surface area (Å²) in [6, 6.07) is 5.85. The second-order valence-electron chi connectivity index (χ2n) is 3.10. The van der Waals surface area contributed by atoms with Gasteiger partial charge in [0, 0.05) is 15.4 Å². The Morgan fingerprint density at radius 1 is 1.50 bits per heavy atom. The largest absolute Gasteiger partial charge is 0.496 e. The topological polar surface area (TPSA) is 22.1 Å². The van der Waals surface area contributed by atoms with Crippen LogP contribution < -0.4 is 4.74 Å². The van der Waals surface area contributed by atoms with Crippen molar-refractivity contribution >= 4 is 38.9 Å².